The Bertz CT molecular complexity index is 880. The first-order valence-corrected chi connectivity index (χ1v) is 10.1. The smallest absolute Gasteiger partial charge is 0.323 e. The number of nitrogens with one attached hydrogen (secondary N) is 1. The summed E-state index contributed by atoms with van der Waals surface area (Å²) in [5.74, 6) is -1.31. The molecule has 0 saturated heterocycles. The first-order valence-electron chi connectivity index (χ1n) is 8.40. The van der Waals surface area contributed by atoms with Gasteiger partial charge in [0, 0.05) is 24.8 Å². The number of hydrogen-bond donors (Lipinski definition) is 2. The highest BCUT2D eigenvalue weighted by Crippen LogP contribution is 2.18. The van der Waals surface area contributed by atoms with Gasteiger partial charge in [-0.3, -0.25) is 9.59 Å². The van der Waals surface area contributed by atoms with Gasteiger partial charge in [0.2, 0.25) is 5.91 Å². The summed E-state index contributed by atoms with van der Waals surface area (Å²) in [7, 11) is -3.50. The molecule has 2 N–H and O–H groups in total. The Balaban J connectivity index is 2.00. The van der Waals surface area contributed by atoms with Crippen molar-refractivity contribution in [1.82, 2.24) is 0 Å². The van der Waals surface area contributed by atoms with Gasteiger partial charge in [-0.1, -0.05) is 18.2 Å². The van der Waals surface area contributed by atoms with Crippen LogP contribution in [0.25, 0.3) is 0 Å². The lowest BCUT2D eigenvalue weighted by Gasteiger charge is -2.22. The Morgan fingerprint density at radius 3 is 2.22 bits per heavy atom. The van der Waals surface area contributed by atoms with Gasteiger partial charge in [0.15, 0.2) is 9.84 Å². The van der Waals surface area contributed by atoms with E-state index in [1.165, 1.54) is 31.2 Å². The van der Waals surface area contributed by atoms with Crippen LogP contribution in [-0.2, 0) is 19.4 Å². The molecule has 0 spiro atoms. The molecular weight excluding hydrogens is 368 g/mol. The molecule has 0 unspecified atom stereocenters. The molecular formula is C19H22N2O5S. The molecule has 0 aromatic heterocycles. The minimum atomic E-state index is -3.50. The van der Waals surface area contributed by atoms with Crippen LogP contribution in [0.15, 0.2) is 59.5 Å². The molecule has 2 aromatic rings. The Morgan fingerprint density at radius 1 is 1.04 bits per heavy atom. The number of aliphatic carboxylic acids is 1. The van der Waals surface area contributed by atoms with Crippen molar-refractivity contribution < 1.29 is 23.1 Å². The van der Waals surface area contributed by atoms with Crippen LogP contribution < -0.4 is 10.2 Å². The van der Waals surface area contributed by atoms with Gasteiger partial charge in [-0.25, -0.2) is 8.42 Å². The van der Waals surface area contributed by atoms with Gasteiger partial charge in [-0.05, 0) is 42.8 Å². The van der Waals surface area contributed by atoms with Gasteiger partial charge in [0.05, 0.1) is 10.6 Å². The molecule has 2 aromatic carbocycles. The molecule has 144 valence electrons. The second-order valence-corrected chi connectivity index (χ2v) is 8.14. The van der Waals surface area contributed by atoms with E-state index in [9.17, 15) is 18.0 Å². The van der Waals surface area contributed by atoms with Crippen LogP contribution in [-0.4, -0.2) is 44.2 Å². The number of carbonyl (C=O) groups excluding carboxylic acids is 1. The molecule has 7 nitrogen and oxygen atoms in total. The number of carboxylic acid groups (broad SMARTS) is 1. The highest BCUT2D eigenvalue weighted by Gasteiger charge is 2.16. The maximum atomic E-state index is 12.5. The second kappa shape index (κ2) is 9.18. The molecule has 0 atom stereocenters. The minimum Gasteiger partial charge on any atom is -0.480 e. The van der Waals surface area contributed by atoms with Gasteiger partial charge in [0.25, 0.3) is 0 Å². The Hall–Kier alpha value is -2.87. The number of sulfone groups is 1. The van der Waals surface area contributed by atoms with Crippen molar-refractivity contribution in [3.63, 3.8) is 0 Å². The maximum Gasteiger partial charge on any atom is 0.323 e. The van der Waals surface area contributed by atoms with Gasteiger partial charge < -0.3 is 15.3 Å². The van der Waals surface area contributed by atoms with Crippen molar-refractivity contribution in [2.24, 2.45) is 0 Å². The van der Waals surface area contributed by atoms with E-state index in [-0.39, 0.29) is 29.5 Å². The maximum absolute atomic E-state index is 12.5. The van der Waals surface area contributed by atoms with E-state index in [1.54, 1.807) is 29.2 Å². The molecule has 0 fully saturated rings. The van der Waals surface area contributed by atoms with E-state index in [0.29, 0.717) is 12.2 Å². The quantitative estimate of drug-likeness (QED) is 0.681. The van der Waals surface area contributed by atoms with E-state index >= 15 is 0 Å². The predicted octanol–water partition coefficient (Wildman–Crippen LogP) is 2.40. The van der Waals surface area contributed by atoms with E-state index in [0.717, 1.165) is 5.69 Å². The summed E-state index contributed by atoms with van der Waals surface area (Å²) in [5, 5.41) is 11.7. The number of anilines is 2. The standard InChI is InChI=1S/C19H22N2O5S/c1-15(22)20-16-8-10-18(11-9-16)27(25,26)13-5-12-21(14-19(23)24)17-6-3-2-4-7-17/h2-4,6-11H,5,12-14H2,1H3,(H,20,22)(H,23,24). The first-order chi connectivity index (χ1) is 12.8. The van der Waals surface area contributed by atoms with Crippen molar-refractivity contribution in [1.29, 1.82) is 0 Å². The number of benzene rings is 2. The van der Waals surface area contributed by atoms with Crippen LogP contribution in [0.2, 0.25) is 0 Å². The fourth-order valence-electron chi connectivity index (χ4n) is 2.61. The Labute approximate surface area is 158 Å². The fourth-order valence-corrected chi connectivity index (χ4v) is 3.91. The van der Waals surface area contributed by atoms with Crippen molar-refractivity contribution in [3.8, 4) is 0 Å². The summed E-state index contributed by atoms with van der Waals surface area (Å²) in [6.45, 7) is 1.48. The first kappa shape index (κ1) is 20.4. The topological polar surface area (TPSA) is 104 Å². The van der Waals surface area contributed by atoms with Crippen LogP contribution in [0.1, 0.15) is 13.3 Å². The fraction of sp³-hybridized carbons (Fsp3) is 0.263. The second-order valence-electron chi connectivity index (χ2n) is 6.03. The van der Waals surface area contributed by atoms with Gasteiger partial charge >= 0.3 is 5.97 Å². The molecule has 0 aliphatic carbocycles. The van der Waals surface area contributed by atoms with E-state index in [2.05, 4.69) is 5.32 Å². The van der Waals surface area contributed by atoms with Crippen molar-refractivity contribution in [3.05, 3.63) is 54.6 Å². The largest absolute Gasteiger partial charge is 0.480 e. The zero-order valence-corrected chi connectivity index (χ0v) is 15.8. The van der Waals surface area contributed by atoms with Gasteiger partial charge in [0.1, 0.15) is 6.54 Å². The third-order valence-corrected chi connectivity index (χ3v) is 5.64. The number of carbonyl (C=O) groups is 2. The average Bonchev–Trinajstić information content (AvgIpc) is 2.61. The van der Waals surface area contributed by atoms with Crippen LogP contribution in [0.3, 0.4) is 0 Å². The summed E-state index contributed by atoms with van der Waals surface area (Å²) in [6, 6.07) is 15.0. The summed E-state index contributed by atoms with van der Waals surface area (Å²) >= 11 is 0. The molecule has 0 aliphatic rings. The molecule has 1 amide bonds. The van der Waals surface area contributed by atoms with Crippen LogP contribution in [0.4, 0.5) is 11.4 Å². The van der Waals surface area contributed by atoms with Crippen LogP contribution in [0, 0.1) is 0 Å². The number of hydrogen-bond acceptors (Lipinski definition) is 5. The summed E-state index contributed by atoms with van der Waals surface area (Å²) in [4.78, 5) is 23.9. The van der Waals surface area contributed by atoms with Crippen LogP contribution >= 0.6 is 0 Å². The molecule has 27 heavy (non-hydrogen) atoms. The highest BCUT2D eigenvalue weighted by molar-refractivity contribution is 7.91. The van der Waals surface area contributed by atoms with Crippen LogP contribution in [0.5, 0.6) is 0 Å². The summed E-state index contributed by atoms with van der Waals surface area (Å²) < 4.78 is 25.0. The van der Waals surface area contributed by atoms with E-state index in [4.69, 9.17) is 5.11 Å². The number of para-hydroxylation sites is 1. The van der Waals surface area contributed by atoms with Crippen molar-refractivity contribution >= 4 is 33.1 Å². The van der Waals surface area contributed by atoms with E-state index < -0.39 is 15.8 Å². The molecule has 0 radical (unpaired) electrons. The third-order valence-electron chi connectivity index (χ3n) is 3.82. The molecule has 0 aliphatic heterocycles. The highest BCUT2D eigenvalue weighted by atomic mass is 32.2. The molecule has 2 rings (SSSR count). The lowest BCUT2D eigenvalue weighted by molar-refractivity contribution is -0.135. The zero-order chi connectivity index (χ0) is 19.9. The average molecular weight is 390 g/mol. The van der Waals surface area contributed by atoms with Crippen molar-refractivity contribution in [2.75, 3.05) is 29.1 Å². The lowest BCUT2D eigenvalue weighted by atomic mass is 10.2. The molecule has 0 heterocycles. The number of rotatable bonds is 9. The summed E-state index contributed by atoms with van der Waals surface area (Å²) in [5.41, 5.74) is 1.26. The molecule has 8 heteroatoms. The third kappa shape index (κ3) is 6.41. The lowest BCUT2D eigenvalue weighted by Crippen LogP contribution is -2.31. The molecule has 0 saturated carbocycles. The number of carboxylic acids is 1. The Morgan fingerprint density at radius 2 is 1.67 bits per heavy atom. The van der Waals surface area contributed by atoms with Crippen molar-refractivity contribution in [2.45, 2.75) is 18.2 Å². The number of nitrogens with zero attached hydrogens (tertiary/aromatic N) is 1. The Kier molecular flexibility index (Phi) is 6.95. The van der Waals surface area contributed by atoms with Gasteiger partial charge in [-0.2, -0.15) is 0 Å². The number of amides is 1. The van der Waals surface area contributed by atoms with Gasteiger partial charge in [-0.15, -0.1) is 0 Å². The monoisotopic (exact) mass is 390 g/mol. The minimum absolute atomic E-state index is 0.102. The normalized spacial score (nSPS) is 11.0. The zero-order valence-electron chi connectivity index (χ0n) is 15.0. The van der Waals surface area contributed by atoms with E-state index in [1.807, 2.05) is 6.07 Å². The molecule has 0 bridgehead atoms. The predicted molar refractivity (Wildman–Crippen MR) is 104 cm³/mol. The SMILES string of the molecule is CC(=O)Nc1ccc(S(=O)(=O)CCCN(CC(=O)O)c2ccccc2)cc1. The summed E-state index contributed by atoms with van der Waals surface area (Å²) in [6.07, 6.45) is 0.290.